The summed E-state index contributed by atoms with van der Waals surface area (Å²) in [4.78, 5) is 10.7. The first kappa shape index (κ1) is 12.6. The number of ether oxygens (including phenoxy) is 3. The molecule has 0 radical (unpaired) electrons. The Morgan fingerprint density at radius 1 is 1.56 bits per heavy atom. The fourth-order valence-corrected chi connectivity index (χ4v) is 1.78. The summed E-state index contributed by atoms with van der Waals surface area (Å²) in [7, 11) is 0. The molecule has 0 aromatic heterocycles. The van der Waals surface area contributed by atoms with E-state index in [1.807, 2.05) is 0 Å². The molecule has 18 heavy (non-hydrogen) atoms. The van der Waals surface area contributed by atoms with E-state index in [9.17, 15) is 4.79 Å². The molecule has 0 bridgehead atoms. The fraction of sp³-hybridized carbons (Fsp3) is 0.364. The maximum absolute atomic E-state index is 10.7. The first-order valence-corrected chi connectivity index (χ1v) is 5.67. The van der Waals surface area contributed by atoms with Gasteiger partial charge in [0.2, 0.25) is 0 Å². The van der Waals surface area contributed by atoms with Gasteiger partial charge < -0.3 is 25.7 Å². The number of anilines is 2. The Balaban J connectivity index is 2.19. The summed E-state index contributed by atoms with van der Waals surface area (Å²) < 4.78 is 15.9. The Morgan fingerprint density at radius 2 is 2.28 bits per heavy atom. The fourth-order valence-electron chi connectivity index (χ4n) is 1.58. The predicted molar refractivity (Wildman–Crippen MR) is 66.8 cm³/mol. The number of fused-ring (bicyclic) bond motifs is 1. The Hall–Kier alpha value is -1.82. The van der Waals surface area contributed by atoms with Crippen molar-refractivity contribution in [2.24, 2.45) is 0 Å². The molecule has 0 fully saturated rings. The molecule has 4 N–H and O–H groups in total. The lowest BCUT2D eigenvalue weighted by atomic mass is 10.2. The third kappa shape index (κ3) is 2.38. The number of nitrogen functional groups attached to an aromatic ring is 2. The first-order valence-electron chi connectivity index (χ1n) is 5.29. The molecular weight excluding hydrogens is 260 g/mol. The minimum absolute atomic E-state index is 0.0940. The molecule has 1 aliphatic rings. The molecule has 6 nitrogen and oxygen atoms in total. The second-order valence-electron chi connectivity index (χ2n) is 3.87. The van der Waals surface area contributed by atoms with E-state index in [4.69, 9.17) is 37.3 Å². The zero-order valence-corrected chi connectivity index (χ0v) is 10.5. The molecule has 1 aliphatic heterocycles. The van der Waals surface area contributed by atoms with Crippen molar-refractivity contribution in [2.75, 3.05) is 24.7 Å². The summed E-state index contributed by atoms with van der Waals surface area (Å²) in [5.74, 6) is 0.285. The predicted octanol–water partition coefficient (Wildman–Crippen LogP) is 1.21. The molecule has 98 valence electrons. The smallest absolute Gasteiger partial charge is 0.302 e. The molecular formula is C11H13ClN2O4. The topological polar surface area (TPSA) is 96.8 Å². The van der Waals surface area contributed by atoms with Crippen LogP contribution in [0, 0.1) is 0 Å². The van der Waals surface area contributed by atoms with Gasteiger partial charge >= 0.3 is 5.97 Å². The van der Waals surface area contributed by atoms with Gasteiger partial charge in [0.05, 0.1) is 16.4 Å². The van der Waals surface area contributed by atoms with Crippen LogP contribution in [0.1, 0.15) is 6.92 Å². The third-order valence-electron chi connectivity index (χ3n) is 2.42. The molecule has 1 aromatic carbocycles. The Morgan fingerprint density at radius 3 is 2.94 bits per heavy atom. The quantitative estimate of drug-likeness (QED) is 0.620. The summed E-state index contributed by atoms with van der Waals surface area (Å²) in [5.41, 5.74) is 12.2. The molecule has 2 rings (SSSR count). The molecule has 1 atom stereocenters. The number of benzene rings is 1. The van der Waals surface area contributed by atoms with Gasteiger partial charge in [-0.15, -0.1) is 0 Å². The van der Waals surface area contributed by atoms with Crippen molar-refractivity contribution >= 4 is 28.9 Å². The number of carbonyl (C=O) groups excluding carboxylic acids is 1. The summed E-state index contributed by atoms with van der Waals surface area (Å²) in [6.07, 6.45) is -0.413. The molecule has 0 aliphatic carbocycles. The molecule has 1 heterocycles. The van der Waals surface area contributed by atoms with Crippen molar-refractivity contribution in [2.45, 2.75) is 13.0 Å². The summed E-state index contributed by atoms with van der Waals surface area (Å²) >= 11 is 5.88. The van der Waals surface area contributed by atoms with Gasteiger partial charge in [0.1, 0.15) is 13.2 Å². The molecule has 0 amide bonds. The minimum atomic E-state index is -0.413. The highest BCUT2D eigenvalue weighted by atomic mass is 35.5. The number of rotatable bonds is 2. The van der Waals surface area contributed by atoms with Gasteiger partial charge in [-0.1, -0.05) is 11.6 Å². The third-order valence-corrected chi connectivity index (χ3v) is 2.74. The lowest BCUT2D eigenvalue weighted by Crippen LogP contribution is -2.34. The van der Waals surface area contributed by atoms with Crippen LogP contribution >= 0.6 is 11.6 Å². The van der Waals surface area contributed by atoms with Crippen LogP contribution in [0.5, 0.6) is 11.5 Å². The molecule has 0 spiro atoms. The van der Waals surface area contributed by atoms with Crippen molar-refractivity contribution in [1.29, 1.82) is 0 Å². The van der Waals surface area contributed by atoms with Crippen LogP contribution in [0.2, 0.25) is 5.02 Å². The van der Waals surface area contributed by atoms with Crippen LogP contribution in [-0.4, -0.2) is 25.3 Å². The number of halogens is 1. The largest absolute Gasteiger partial charge is 0.483 e. The van der Waals surface area contributed by atoms with Crippen molar-refractivity contribution in [3.8, 4) is 11.5 Å². The minimum Gasteiger partial charge on any atom is -0.483 e. The molecule has 1 aromatic rings. The number of hydrogen-bond acceptors (Lipinski definition) is 6. The van der Waals surface area contributed by atoms with Crippen molar-refractivity contribution < 1.29 is 19.0 Å². The summed E-state index contributed by atoms with van der Waals surface area (Å²) in [5, 5.41) is 0.313. The average Bonchev–Trinajstić information content (AvgIpc) is 2.33. The molecule has 0 saturated heterocycles. The maximum Gasteiger partial charge on any atom is 0.302 e. The lowest BCUT2D eigenvalue weighted by molar-refractivity contribution is -0.144. The highest BCUT2D eigenvalue weighted by Gasteiger charge is 2.27. The zero-order valence-electron chi connectivity index (χ0n) is 9.73. The van der Waals surface area contributed by atoms with E-state index in [0.717, 1.165) is 0 Å². The molecule has 1 unspecified atom stereocenters. The van der Waals surface area contributed by atoms with Crippen LogP contribution in [0.3, 0.4) is 0 Å². The van der Waals surface area contributed by atoms with Crippen LogP contribution in [0.15, 0.2) is 6.07 Å². The van der Waals surface area contributed by atoms with Gasteiger partial charge in [0, 0.05) is 6.92 Å². The van der Waals surface area contributed by atoms with Crippen molar-refractivity contribution in [3.63, 3.8) is 0 Å². The summed E-state index contributed by atoms with van der Waals surface area (Å²) in [6.45, 7) is 1.63. The van der Waals surface area contributed by atoms with E-state index >= 15 is 0 Å². The standard InChI is InChI=1S/C11H13ClN2O4/c1-5(15)16-3-6-4-17-11-9(14)7(12)2-8(13)10(11)18-6/h2,6H,3-4,13-14H2,1H3. The highest BCUT2D eigenvalue weighted by molar-refractivity contribution is 6.34. The van der Waals surface area contributed by atoms with Crippen LogP contribution in [0.25, 0.3) is 0 Å². The Bertz CT molecular complexity index is 492. The zero-order chi connectivity index (χ0) is 13.3. The van der Waals surface area contributed by atoms with Gasteiger partial charge in [-0.25, -0.2) is 0 Å². The number of esters is 1. The monoisotopic (exact) mass is 272 g/mol. The van der Waals surface area contributed by atoms with Gasteiger partial charge in [-0.2, -0.15) is 0 Å². The SMILES string of the molecule is CC(=O)OCC1COc2c(N)c(Cl)cc(N)c2O1. The van der Waals surface area contributed by atoms with Gasteiger partial charge in [-0.3, -0.25) is 4.79 Å². The van der Waals surface area contributed by atoms with E-state index in [0.29, 0.717) is 22.2 Å². The van der Waals surface area contributed by atoms with E-state index < -0.39 is 6.10 Å². The first-order chi connectivity index (χ1) is 8.49. The second kappa shape index (κ2) is 4.81. The normalized spacial score (nSPS) is 17.3. The molecule has 7 heteroatoms. The van der Waals surface area contributed by atoms with Crippen molar-refractivity contribution in [3.05, 3.63) is 11.1 Å². The lowest BCUT2D eigenvalue weighted by Gasteiger charge is -2.28. The van der Waals surface area contributed by atoms with E-state index in [1.54, 1.807) is 0 Å². The van der Waals surface area contributed by atoms with Gasteiger partial charge in [0.15, 0.2) is 17.6 Å². The van der Waals surface area contributed by atoms with E-state index in [2.05, 4.69) is 0 Å². The van der Waals surface area contributed by atoms with Crippen LogP contribution < -0.4 is 20.9 Å². The Labute approximate surface area is 109 Å². The van der Waals surface area contributed by atoms with Crippen LogP contribution in [0.4, 0.5) is 11.4 Å². The van der Waals surface area contributed by atoms with Gasteiger partial charge in [0.25, 0.3) is 0 Å². The number of carbonyl (C=O) groups is 1. The average molecular weight is 273 g/mol. The van der Waals surface area contributed by atoms with Crippen LogP contribution in [-0.2, 0) is 9.53 Å². The van der Waals surface area contributed by atoms with Gasteiger partial charge in [-0.05, 0) is 6.07 Å². The second-order valence-corrected chi connectivity index (χ2v) is 4.28. The Kier molecular flexibility index (Phi) is 3.38. The number of hydrogen-bond donors (Lipinski definition) is 2. The van der Waals surface area contributed by atoms with Crippen molar-refractivity contribution in [1.82, 2.24) is 0 Å². The van der Waals surface area contributed by atoms with E-state index in [-0.39, 0.29) is 24.9 Å². The highest BCUT2D eigenvalue weighted by Crippen LogP contribution is 2.45. The maximum atomic E-state index is 10.7. The molecule has 0 saturated carbocycles. The summed E-state index contributed by atoms with van der Waals surface area (Å²) in [6, 6.07) is 1.49. The van der Waals surface area contributed by atoms with E-state index in [1.165, 1.54) is 13.0 Å². The number of nitrogens with two attached hydrogens (primary N) is 2.